The number of ether oxygens (including phenoxy) is 4. The third-order valence-corrected chi connectivity index (χ3v) is 17.2. The summed E-state index contributed by atoms with van der Waals surface area (Å²) in [4.78, 5) is 77.3. The van der Waals surface area contributed by atoms with Crippen molar-refractivity contribution in [1.29, 1.82) is 0 Å². The Morgan fingerprint density at radius 3 is 0.842 bits per heavy atom. The van der Waals surface area contributed by atoms with Crippen LogP contribution in [0.1, 0.15) is 304 Å². The highest BCUT2D eigenvalue weighted by molar-refractivity contribution is 7.46. The third kappa shape index (κ3) is 68.3. The number of hydrogen-bond donors (Lipinski definition) is 1. The maximum atomic E-state index is 13.0. The van der Waals surface area contributed by atoms with Gasteiger partial charge in [-0.25, -0.2) is 0 Å². The Hall–Kier alpha value is -4.02. The van der Waals surface area contributed by atoms with E-state index >= 15 is 0 Å². The summed E-state index contributed by atoms with van der Waals surface area (Å²) in [6.07, 6.45) is 69.3. The lowest BCUT2D eigenvalue weighted by molar-refractivity contribution is -0.233. The number of rotatable bonds is 69. The Morgan fingerprint density at radius 1 is 0.326 bits per heavy atom. The second-order valence-electron chi connectivity index (χ2n) is 24.5. The lowest BCUT2D eigenvalue weighted by Crippen LogP contribution is -2.31. The van der Waals surface area contributed by atoms with E-state index < -0.39 is 97.5 Å². The van der Waals surface area contributed by atoms with Crippen LogP contribution in [-0.2, 0) is 65.4 Å². The monoisotopic (exact) mass is 1380 g/mol. The van der Waals surface area contributed by atoms with Crippen LogP contribution in [0.5, 0.6) is 0 Å². The molecule has 0 aliphatic rings. The maximum absolute atomic E-state index is 13.0. The number of phosphoric ester groups is 2. The molecule has 0 heterocycles. The van der Waals surface area contributed by atoms with Crippen molar-refractivity contribution in [3.05, 3.63) is 97.2 Å². The van der Waals surface area contributed by atoms with Gasteiger partial charge in [-0.2, -0.15) is 0 Å². The van der Waals surface area contributed by atoms with Gasteiger partial charge in [0.2, 0.25) is 0 Å². The summed E-state index contributed by atoms with van der Waals surface area (Å²) in [5, 5.41) is 10.5. The summed E-state index contributed by atoms with van der Waals surface area (Å²) >= 11 is 0. The second-order valence-corrected chi connectivity index (χ2v) is 27.3. The number of carbonyl (C=O) groups is 4. The third-order valence-electron chi connectivity index (χ3n) is 15.3. The number of allylic oxidation sites excluding steroid dienone is 16. The van der Waals surface area contributed by atoms with E-state index in [-0.39, 0.29) is 25.7 Å². The van der Waals surface area contributed by atoms with Gasteiger partial charge in [0.25, 0.3) is 15.6 Å². The van der Waals surface area contributed by atoms with Gasteiger partial charge in [-0.1, -0.05) is 227 Å². The lowest BCUT2D eigenvalue weighted by atomic mass is 10.1. The highest BCUT2D eigenvalue weighted by Crippen LogP contribution is 2.41. The molecule has 0 amide bonds. The fraction of sp³-hybridized carbons (Fsp3) is 0.737. The molecule has 548 valence electrons. The number of unbranched alkanes of at least 4 members (excludes halogenated alkanes) is 28. The Labute approximate surface area is 576 Å². The van der Waals surface area contributed by atoms with Crippen LogP contribution in [0.2, 0.25) is 0 Å². The zero-order valence-electron chi connectivity index (χ0n) is 59.5. The van der Waals surface area contributed by atoms with Crippen LogP contribution in [0.25, 0.3) is 0 Å². The van der Waals surface area contributed by atoms with Gasteiger partial charge in [-0.15, -0.1) is 0 Å². The van der Waals surface area contributed by atoms with Crippen LogP contribution in [0.3, 0.4) is 0 Å². The zero-order valence-corrected chi connectivity index (χ0v) is 61.3. The Bertz CT molecular complexity index is 2190. The molecular formula is C76H130O17P2-2. The van der Waals surface area contributed by atoms with E-state index in [1.807, 2.05) is 13.0 Å². The first-order valence-corrected chi connectivity index (χ1v) is 39.8. The largest absolute Gasteiger partial charge is 0.756 e. The van der Waals surface area contributed by atoms with E-state index in [1.54, 1.807) is 0 Å². The summed E-state index contributed by atoms with van der Waals surface area (Å²) in [5.74, 6) is -2.35. The van der Waals surface area contributed by atoms with Crippen LogP contribution >= 0.6 is 15.6 Å². The van der Waals surface area contributed by atoms with Gasteiger partial charge in [-0.3, -0.25) is 28.3 Å². The SMILES string of the molecule is C/C=C\C/C=C\CCCCCCC(=O)OCC(COP(=O)([O-])OCC(O)COP(=O)([O-])OCC(COC(=O)CCCCCC/C=C\C/C=C\CCCCCC)OC(=O)CCCCCC/C=C\C/C=C/CCCCCC)OC(=O)CCCCCC/C=C\C/C=C\CCCCCC. The fourth-order valence-corrected chi connectivity index (χ4v) is 11.2. The average molecular weight is 1380 g/mol. The van der Waals surface area contributed by atoms with Crippen LogP contribution in [0.15, 0.2) is 97.2 Å². The van der Waals surface area contributed by atoms with Crippen LogP contribution < -0.4 is 9.79 Å². The second kappa shape index (κ2) is 68.5. The molecule has 0 rings (SSSR count). The summed E-state index contributed by atoms with van der Waals surface area (Å²) < 4.78 is 67.4. The molecule has 0 fully saturated rings. The molecule has 0 saturated carbocycles. The number of hydrogen-bond acceptors (Lipinski definition) is 17. The summed E-state index contributed by atoms with van der Waals surface area (Å²) in [6.45, 7) is 4.10. The molecule has 19 heteroatoms. The van der Waals surface area contributed by atoms with Gasteiger partial charge in [0.1, 0.15) is 19.3 Å². The molecule has 0 saturated heterocycles. The van der Waals surface area contributed by atoms with Crippen LogP contribution in [-0.4, -0.2) is 86.9 Å². The van der Waals surface area contributed by atoms with Gasteiger partial charge in [-0.05, 0) is 148 Å². The molecule has 0 aromatic heterocycles. The predicted molar refractivity (Wildman–Crippen MR) is 381 cm³/mol. The van der Waals surface area contributed by atoms with E-state index in [1.165, 1.54) is 77.0 Å². The van der Waals surface area contributed by atoms with Crippen molar-refractivity contribution in [1.82, 2.24) is 0 Å². The molecule has 5 unspecified atom stereocenters. The minimum atomic E-state index is -5.25. The molecule has 0 spiro atoms. The van der Waals surface area contributed by atoms with E-state index in [0.717, 1.165) is 148 Å². The van der Waals surface area contributed by atoms with Gasteiger partial charge >= 0.3 is 23.9 Å². The van der Waals surface area contributed by atoms with E-state index in [0.29, 0.717) is 25.7 Å². The van der Waals surface area contributed by atoms with Crippen molar-refractivity contribution in [2.24, 2.45) is 0 Å². The first kappa shape index (κ1) is 91.0. The number of aliphatic hydroxyl groups is 1. The molecule has 5 atom stereocenters. The number of phosphoric acid groups is 2. The molecule has 0 aliphatic carbocycles. The van der Waals surface area contributed by atoms with Crippen molar-refractivity contribution < 1.29 is 80.2 Å². The first-order valence-electron chi connectivity index (χ1n) is 36.9. The average Bonchev–Trinajstić information content (AvgIpc) is 1.58. The molecule has 0 aromatic rings. The van der Waals surface area contributed by atoms with E-state index in [2.05, 4.69) is 112 Å². The minimum absolute atomic E-state index is 0.0475. The summed E-state index contributed by atoms with van der Waals surface area (Å²) in [7, 11) is -10.5. The molecule has 1 N–H and O–H groups in total. The van der Waals surface area contributed by atoms with Gasteiger partial charge < -0.3 is 51.9 Å². The maximum Gasteiger partial charge on any atom is 0.306 e. The Balaban J connectivity index is 5.38. The molecule has 17 nitrogen and oxygen atoms in total. The van der Waals surface area contributed by atoms with Crippen molar-refractivity contribution in [2.75, 3.05) is 39.6 Å². The smallest absolute Gasteiger partial charge is 0.306 e. The zero-order chi connectivity index (χ0) is 69.7. The minimum Gasteiger partial charge on any atom is -0.756 e. The van der Waals surface area contributed by atoms with E-state index in [9.17, 15) is 43.2 Å². The van der Waals surface area contributed by atoms with Gasteiger partial charge in [0.05, 0.1) is 26.4 Å². The van der Waals surface area contributed by atoms with Crippen molar-refractivity contribution in [3.63, 3.8) is 0 Å². The summed E-state index contributed by atoms with van der Waals surface area (Å²) in [6, 6.07) is 0. The topological polar surface area (TPSA) is 243 Å². The molecular weight excluding hydrogens is 1250 g/mol. The number of aliphatic hydroxyl groups excluding tert-OH is 1. The summed E-state index contributed by atoms with van der Waals surface area (Å²) in [5.41, 5.74) is 0. The highest BCUT2D eigenvalue weighted by Gasteiger charge is 2.25. The van der Waals surface area contributed by atoms with Crippen molar-refractivity contribution >= 4 is 39.5 Å². The molecule has 95 heavy (non-hydrogen) atoms. The Kier molecular flexibility index (Phi) is 65.6. The van der Waals surface area contributed by atoms with Crippen LogP contribution in [0, 0.1) is 0 Å². The number of carbonyl (C=O) groups excluding carboxylic acids is 4. The molecule has 0 radical (unpaired) electrons. The fourth-order valence-electron chi connectivity index (χ4n) is 9.62. The van der Waals surface area contributed by atoms with Gasteiger partial charge in [0.15, 0.2) is 12.2 Å². The first-order chi connectivity index (χ1) is 46.2. The molecule has 0 aliphatic heterocycles. The number of esters is 4. The van der Waals surface area contributed by atoms with Crippen molar-refractivity contribution in [2.45, 2.75) is 322 Å². The standard InChI is InChI=1S/C76H132O17P2/c1-5-9-13-17-21-25-29-32-35-38-41-45-49-53-57-61-74(79)87-67-72(93-76(81)63-59-55-51-47-43-40-37-34-31-27-23-19-15-11-7-3)69-91-95(84,85)89-65-70(77)64-88-94(82,83)90-68-71(66-86-73(78)60-56-52-48-44-28-24-20-16-12-8-4)92-75(80)62-58-54-50-46-42-39-36-33-30-26-22-18-14-10-6-2/h8,12,20,24-27,29-31,35-40,70-72,77H,5-7,9-11,13-19,21-23,28,32-34,41-69H2,1-4H3,(H,82,83)(H,84,85)/p-2/b12-8-,24-20-,29-25-,30-26-,31-27+,38-35-,39-36-,40-37-. The lowest BCUT2D eigenvalue weighted by Gasteiger charge is -2.28. The van der Waals surface area contributed by atoms with E-state index in [4.69, 9.17) is 37.0 Å². The molecule has 0 aromatic carbocycles. The Morgan fingerprint density at radius 2 is 0.568 bits per heavy atom. The van der Waals surface area contributed by atoms with Crippen molar-refractivity contribution in [3.8, 4) is 0 Å². The van der Waals surface area contributed by atoms with Gasteiger partial charge in [0, 0.05) is 25.7 Å². The van der Waals surface area contributed by atoms with Crippen LogP contribution in [0.4, 0.5) is 0 Å². The predicted octanol–water partition coefficient (Wildman–Crippen LogP) is 19.6. The quantitative estimate of drug-likeness (QED) is 0.0196. The normalized spacial score (nSPS) is 14.6. The molecule has 0 bridgehead atoms. The highest BCUT2D eigenvalue weighted by atomic mass is 31.2.